The first kappa shape index (κ1) is 25.6. The molecular formula is C24H27AlO3. The van der Waals surface area contributed by atoms with E-state index in [0.29, 0.717) is 0 Å². The SMILES string of the molecule is Cc1ccc([O-])c(C)c1.Cc1ccc([O-])c(C)c1.Cc1ccc([O-])c(C)c1.[Al+3]. The van der Waals surface area contributed by atoms with Gasteiger partial charge < -0.3 is 15.3 Å². The Bertz CT molecular complexity index is 771. The molecule has 0 aliphatic rings. The van der Waals surface area contributed by atoms with E-state index < -0.39 is 0 Å². The summed E-state index contributed by atoms with van der Waals surface area (Å²) >= 11 is 0. The Morgan fingerprint density at radius 3 is 0.786 bits per heavy atom. The van der Waals surface area contributed by atoms with Crippen molar-refractivity contribution in [2.24, 2.45) is 0 Å². The van der Waals surface area contributed by atoms with Gasteiger partial charge in [0.2, 0.25) is 0 Å². The molecule has 4 heteroatoms. The van der Waals surface area contributed by atoms with Crippen molar-refractivity contribution in [3.05, 3.63) is 88.0 Å². The number of benzene rings is 3. The molecule has 3 aromatic rings. The Labute approximate surface area is 179 Å². The normalized spacial score (nSPS) is 9.21. The Balaban J connectivity index is 0.000000384. The average Bonchev–Trinajstić information content (AvgIpc) is 2.60. The third kappa shape index (κ3) is 8.99. The predicted octanol–water partition coefficient (Wildman–Crippen LogP) is 3.75. The molecule has 0 N–H and O–H groups in total. The van der Waals surface area contributed by atoms with E-state index in [4.69, 9.17) is 0 Å². The summed E-state index contributed by atoms with van der Waals surface area (Å²) in [5.74, 6) is 0.377. The Morgan fingerprint density at radius 2 is 0.643 bits per heavy atom. The maximum atomic E-state index is 10.8. The van der Waals surface area contributed by atoms with Crippen molar-refractivity contribution in [1.29, 1.82) is 0 Å². The molecule has 0 amide bonds. The van der Waals surface area contributed by atoms with E-state index in [1.54, 1.807) is 18.2 Å². The van der Waals surface area contributed by atoms with E-state index in [1.165, 1.54) is 0 Å². The second kappa shape index (κ2) is 12.1. The van der Waals surface area contributed by atoms with Crippen LogP contribution < -0.4 is 15.3 Å². The molecule has 0 atom stereocenters. The van der Waals surface area contributed by atoms with E-state index in [0.717, 1.165) is 33.4 Å². The molecule has 0 aromatic heterocycles. The van der Waals surface area contributed by atoms with Crippen LogP contribution in [0.1, 0.15) is 33.4 Å². The van der Waals surface area contributed by atoms with Gasteiger partial charge in [0.1, 0.15) is 0 Å². The topological polar surface area (TPSA) is 69.2 Å². The van der Waals surface area contributed by atoms with Crippen molar-refractivity contribution in [3.8, 4) is 17.2 Å². The van der Waals surface area contributed by atoms with Crippen LogP contribution in [0, 0.1) is 41.5 Å². The van der Waals surface area contributed by atoms with Gasteiger partial charge in [-0.2, -0.15) is 0 Å². The third-order valence-corrected chi connectivity index (χ3v) is 3.99. The third-order valence-electron chi connectivity index (χ3n) is 3.99. The standard InChI is InChI=1S/3C8H10O.Al/c3*1-6-3-4-8(9)7(2)5-6;/h3*3-5,9H,1-2H3;/q;;;+3/p-3. The quantitative estimate of drug-likeness (QED) is 0.549. The molecule has 144 valence electrons. The molecule has 3 rings (SSSR count). The predicted molar refractivity (Wildman–Crippen MR) is 112 cm³/mol. The molecule has 0 bridgehead atoms. The molecule has 0 aliphatic heterocycles. The van der Waals surface area contributed by atoms with Crippen LogP contribution in [0.3, 0.4) is 0 Å². The van der Waals surface area contributed by atoms with Crippen LogP contribution in [-0.2, 0) is 0 Å². The monoisotopic (exact) mass is 390 g/mol. The van der Waals surface area contributed by atoms with E-state index >= 15 is 0 Å². The minimum atomic E-state index is 0. The average molecular weight is 390 g/mol. The van der Waals surface area contributed by atoms with Gasteiger partial charge in [-0.1, -0.05) is 88.0 Å². The molecule has 3 nitrogen and oxygen atoms in total. The van der Waals surface area contributed by atoms with Crippen LogP contribution >= 0.6 is 0 Å². The molecule has 28 heavy (non-hydrogen) atoms. The first-order chi connectivity index (χ1) is 12.6. The van der Waals surface area contributed by atoms with Gasteiger partial charge in [0.05, 0.1) is 0 Å². The van der Waals surface area contributed by atoms with Crippen LogP contribution in [0.25, 0.3) is 0 Å². The molecule has 0 saturated heterocycles. The Hall–Kier alpha value is -2.41. The second-order valence-electron chi connectivity index (χ2n) is 6.81. The van der Waals surface area contributed by atoms with E-state index in [9.17, 15) is 15.3 Å². The van der Waals surface area contributed by atoms with Gasteiger partial charge in [0.25, 0.3) is 0 Å². The fourth-order valence-corrected chi connectivity index (χ4v) is 2.40. The molecular weight excluding hydrogens is 363 g/mol. The Kier molecular flexibility index (Phi) is 11.1. The van der Waals surface area contributed by atoms with Crippen LogP contribution in [0.5, 0.6) is 17.2 Å². The largest absolute Gasteiger partial charge is 3.00 e. The van der Waals surface area contributed by atoms with Gasteiger partial charge in [-0.05, 0) is 41.5 Å². The first-order valence-electron chi connectivity index (χ1n) is 8.83. The van der Waals surface area contributed by atoms with Gasteiger partial charge in [-0.15, -0.1) is 17.2 Å². The molecule has 0 unspecified atom stereocenters. The van der Waals surface area contributed by atoms with Gasteiger partial charge in [-0.3, -0.25) is 0 Å². The van der Waals surface area contributed by atoms with Gasteiger partial charge in [-0.25, -0.2) is 0 Å². The minimum absolute atomic E-state index is 0. The zero-order valence-electron chi connectivity index (χ0n) is 17.5. The maximum Gasteiger partial charge on any atom is 3.00 e. The van der Waals surface area contributed by atoms with Crippen LogP contribution in [0.2, 0.25) is 0 Å². The molecule has 0 spiro atoms. The van der Waals surface area contributed by atoms with E-state index in [-0.39, 0.29) is 34.6 Å². The van der Waals surface area contributed by atoms with Crippen molar-refractivity contribution in [2.45, 2.75) is 41.5 Å². The summed E-state index contributed by atoms with van der Waals surface area (Å²) in [5, 5.41) is 32.3. The minimum Gasteiger partial charge on any atom is -0.872 e. The molecule has 0 aliphatic carbocycles. The van der Waals surface area contributed by atoms with Gasteiger partial charge in [0, 0.05) is 0 Å². The molecule has 0 heterocycles. The van der Waals surface area contributed by atoms with Crippen LogP contribution in [0.4, 0.5) is 0 Å². The van der Waals surface area contributed by atoms with E-state index in [2.05, 4.69) is 0 Å². The number of hydrogen-bond donors (Lipinski definition) is 0. The summed E-state index contributed by atoms with van der Waals surface area (Å²) in [6.45, 7) is 11.4. The second-order valence-corrected chi connectivity index (χ2v) is 6.81. The summed E-state index contributed by atoms with van der Waals surface area (Å²) in [5.41, 5.74) is 5.92. The van der Waals surface area contributed by atoms with Crippen molar-refractivity contribution in [3.63, 3.8) is 0 Å². The number of aryl methyl sites for hydroxylation is 6. The first-order valence-corrected chi connectivity index (χ1v) is 8.83. The van der Waals surface area contributed by atoms with Crippen molar-refractivity contribution in [2.75, 3.05) is 0 Å². The van der Waals surface area contributed by atoms with Crippen LogP contribution in [0.15, 0.2) is 54.6 Å². The summed E-state index contributed by atoms with van der Waals surface area (Å²) in [7, 11) is 0. The summed E-state index contributed by atoms with van der Waals surface area (Å²) in [4.78, 5) is 0. The fraction of sp³-hybridized carbons (Fsp3) is 0.250. The van der Waals surface area contributed by atoms with Crippen molar-refractivity contribution >= 4 is 17.4 Å². The zero-order valence-corrected chi connectivity index (χ0v) is 18.7. The van der Waals surface area contributed by atoms with E-state index in [1.807, 2.05) is 77.9 Å². The summed E-state index contributed by atoms with van der Waals surface area (Å²) in [6, 6.07) is 16.0. The molecule has 0 saturated carbocycles. The van der Waals surface area contributed by atoms with Gasteiger partial charge >= 0.3 is 17.4 Å². The van der Waals surface area contributed by atoms with Crippen LogP contribution in [-0.4, -0.2) is 17.4 Å². The molecule has 3 aromatic carbocycles. The van der Waals surface area contributed by atoms with Crippen molar-refractivity contribution < 1.29 is 15.3 Å². The van der Waals surface area contributed by atoms with Gasteiger partial charge in [0.15, 0.2) is 0 Å². The maximum absolute atomic E-state index is 10.8. The summed E-state index contributed by atoms with van der Waals surface area (Å²) < 4.78 is 0. The fourth-order valence-electron chi connectivity index (χ4n) is 2.40. The number of hydrogen-bond acceptors (Lipinski definition) is 3. The molecule has 0 fully saturated rings. The zero-order chi connectivity index (χ0) is 20.6. The molecule has 0 radical (unpaired) electrons. The Morgan fingerprint density at radius 1 is 0.429 bits per heavy atom. The summed E-state index contributed by atoms with van der Waals surface area (Å²) in [6.07, 6.45) is 0. The number of rotatable bonds is 0. The smallest absolute Gasteiger partial charge is 0.872 e. The van der Waals surface area contributed by atoms with Crippen molar-refractivity contribution in [1.82, 2.24) is 0 Å².